The number of rotatable bonds is 6. The molecular formula is C12H14ClFN4. The molecule has 1 aromatic heterocycles. The molecule has 2 aromatic rings. The number of hydrogen-bond donors (Lipinski definition) is 2. The van der Waals surface area contributed by atoms with Gasteiger partial charge in [-0.15, -0.1) is 0 Å². The molecule has 4 nitrogen and oxygen atoms in total. The monoisotopic (exact) mass is 268 g/mol. The first-order valence-corrected chi connectivity index (χ1v) is 6.13. The molecule has 0 fully saturated rings. The smallest absolute Gasteiger partial charge is 0.137 e. The summed E-state index contributed by atoms with van der Waals surface area (Å²) in [6.07, 6.45) is 3.21. The van der Waals surface area contributed by atoms with E-state index in [4.69, 9.17) is 11.6 Å². The summed E-state index contributed by atoms with van der Waals surface area (Å²) in [5.41, 5.74) is 0.513. The highest BCUT2D eigenvalue weighted by atomic mass is 35.5. The minimum absolute atomic E-state index is 0.273. The summed E-state index contributed by atoms with van der Waals surface area (Å²) < 4.78 is 13.4. The van der Waals surface area contributed by atoms with Crippen molar-refractivity contribution in [3.8, 4) is 0 Å². The minimum Gasteiger partial charge on any atom is -0.312 e. The Hall–Kier alpha value is -1.46. The first kappa shape index (κ1) is 13.0. The lowest BCUT2D eigenvalue weighted by Gasteiger charge is -2.07. The maximum Gasteiger partial charge on any atom is 0.137 e. The second kappa shape index (κ2) is 6.47. The lowest BCUT2D eigenvalue weighted by atomic mass is 10.2. The van der Waals surface area contributed by atoms with E-state index in [1.54, 1.807) is 12.1 Å². The van der Waals surface area contributed by atoms with E-state index in [1.807, 2.05) is 0 Å². The van der Waals surface area contributed by atoms with Gasteiger partial charge < -0.3 is 5.32 Å². The van der Waals surface area contributed by atoms with Gasteiger partial charge in [0.15, 0.2) is 0 Å². The Kier molecular flexibility index (Phi) is 4.66. The maximum atomic E-state index is 13.4. The molecule has 0 saturated heterocycles. The molecule has 2 rings (SSSR count). The molecule has 1 heterocycles. The van der Waals surface area contributed by atoms with Gasteiger partial charge in [-0.05, 0) is 25.1 Å². The van der Waals surface area contributed by atoms with Gasteiger partial charge in [-0.2, -0.15) is 5.10 Å². The second-order valence-electron chi connectivity index (χ2n) is 3.91. The average Bonchev–Trinajstić information content (AvgIpc) is 2.85. The van der Waals surface area contributed by atoms with Crippen LogP contribution >= 0.6 is 11.6 Å². The molecule has 6 heteroatoms. The molecule has 0 radical (unpaired) electrons. The molecule has 0 aliphatic heterocycles. The lowest BCUT2D eigenvalue weighted by Crippen LogP contribution is -2.16. The van der Waals surface area contributed by atoms with Crippen molar-refractivity contribution in [2.24, 2.45) is 0 Å². The summed E-state index contributed by atoms with van der Waals surface area (Å²) >= 11 is 5.92. The summed E-state index contributed by atoms with van der Waals surface area (Å²) in [7, 11) is 0. The average molecular weight is 269 g/mol. The number of nitrogens with one attached hydrogen (secondary N) is 2. The van der Waals surface area contributed by atoms with Crippen LogP contribution in [0.5, 0.6) is 0 Å². The number of aromatic amines is 1. The molecule has 2 N–H and O–H groups in total. The molecular weight excluding hydrogens is 255 g/mol. The summed E-state index contributed by atoms with van der Waals surface area (Å²) in [6, 6.07) is 4.71. The zero-order valence-corrected chi connectivity index (χ0v) is 10.5. The summed E-state index contributed by atoms with van der Waals surface area (Å²) in [5.74, 6) is 0.589. The predicted octanol–water partition coefficient (Wildman–Crippen LogP) is 2.32. The number of H-pyrrole nitrogens is 1. The summed E-state index contributed by atoms with van der Waals surface area (Å²) in [4.78, 5) is 4.02. The van der Waals surface area contributed by atoms with E-state index >= 15 is 0 Å². The third-order valence-electron chi connectivity index (χ3n) is 2.60. The Morgan fingerprint density at radius 1 is 1.39 bits per heavy atom. The fraction of sp³-hybridized carbons (Fsp3) is 0.333. The van der Waals surface area contributed by atoms with E-state index in [-0.39, 0.29) is 5.82 Å². The van der Waals surface area contributed by atoms with E-state index < -0.39 is 0 Å². The molecule has 0 bridgehead atoms. The topological polar surface area (TPSA) is 53.6 Å². The molecule has 18 heavy (non-hydrogen) atoms. The normalized spacial score (nSPS) is 10.8. The van der Waals surface area contributed by atoms with Crippen LogP contribution in [0.1, 0.15) is 17.8 Å². The number of hydrogen-bond acceptors (Lipinski definition) is 3. The third kappa shape index (κ3) is 3.51. The van der Waals surface area contributed by atoms with Crippen molar-refractivity contribution < 1.29 is 4.39 Å². The Balaban J connectivity index is 1.72. The quantitative estimate of drug-likeness (QED) is 0.791. The number of aryl methyl sites for hydroxylation is 1. The number of aromatic nitrogens is 3. The Morgan fingerprint density at radius 3 is 3.00 bits per heavy atom. The van der Waals surface area contributed by atoms with E-state index in [1.165, 1.54) is 12.4 Å². The maximum absolute atomic E-state index is 13.4. The molecule has 0 spiro atoms. The Morgan fingerprint density at radius 2 is 2.28 bits per heavy atom. The van der Waals surface area contributed by atoms with Crippen molar-refractivity contribution in [2.75, 3.05) is 6.54 Å². The van der Waals surface area contributed by atoms with Gasteiger partial charge in [-0.1, -0.05) is 17.7 Å². The molecule has 96 valence electrons. The number of halogens is 2. The van der Waals surface area contributed by atoms with E-state index in [0.29, 0.717) is 17.1 Å². The van der Waals surface area contributed by atoms with Crippen molar-refractivity contribution in [3.63, 3.8) is 0 Å². The van der Waals surface area contributed by atoms with Crippen LogP contribution in [0.3, 0.4) is 0 Å². The van der Waals surface area contributed by atoms with Crippen LogP contribution in [-0.4, -0.2) is 21.7 Å². The minimum atomic E-state index is -0.273. The third-order valence-corrected chi connectivity index (χ3v) is 2.95. The second-order valence-corrected chi connectivity index (χ2v) is 4.32. The van der Waals surface area contributed by atoms with Crippen LogP contribution in [0.4, 0.5) is 4.39 Å². The molecule has 0 aliphatic rings. The van der Waals surface area contributed by atoms with Crippen molar-refractivity contribution >= 4 is 11.6 Å². The van der Waals surface area contributed by atoms with Gasteiger partial charge in [0.2, 0.25) is 0 Å². The van der Waals surface area contributed by atoms with Gasteiger partial charge in [0.25, 0.3) is 0 Å². The van der Waals surface area contributed by atoms with Crippen molar-refractivity contribution in [1.29, 1.82) is 0 Å². The van der Waals surface area contributed by atoms with Crippen molar-refractivity contribution in [2.45, 2.75) is 19.4 Å². The van der Waals surface area contributed by atoms with Gasteiger partial charge in [0.05, 0.1) is 0 Å². The molecule has 0 atom stereocenters. The Labute approximate surface area is 110 Å². The van der Waals surface area contributed by atoms with Gasteiger partial charge in [-0.25, -0.2) is 9.37 Å². The van der Waals surface area contributed by atoms with Gasteiger partial charge >= 0.3 is 0 Å². The molecule has 1 aromatic carbocycles. The van der Waals surface area contributed by atoms with Crippen LogP contribution < -0.4 is 5.32 Å². The SMILES string of the molecule is Fc1cccc(Cl)c1CNCCCc1ncn[nH]1. The van der Waals surface area contributed by atoms with Crippen LogP contribution in [-0.2, 0) is 13.0 Å². The molecule has 0 unspecified atom stereocenters. The standard InChI is InChI=1S/C12H14ClFN4/c13-10-3-1-4-11(14)9(10)7-15-6-2-5-12-16-8-17-18-12/h1,3-4,8,15H,2,5-7H2,(H,16,17,18). The fourth-order valence-electron chi connectivity index (χ4n) is 1.65. The lowest BCUT2D eigenvalue weighted by molar-refractivity contribution is 0.580. The van der Waals surface area contributed by atoms with Crippen LogP contribution in [0.15, 0.2) is 24.5 Å². The zero-order valence-electron chi connectivity index (χ0n) is 9.79. The van der Waals surface area contributed by atoms with Crippen molar-refractivity contribution in [1.82, 2.24) is 20.5 Å². The van der Waals surface area contributed by atoms with E-state index in [2.05, 4.69) is 20.5 Å². The first-order chi connectivity index (χ1) is 8.77. The van der Waals surface area contributed by atoms with Gasteiger partial charge in [0, 0.05) is 23.6 Å². The highest BCUT2D eigenvalue weighted by Gasteiger charge is 2.05. The molecule has 0 saturated carbocycles. The van der Waals surface area contributed by atoms with Crippen molar-refractivity contribution in [3.05, 3.63) is 46.8 Å². The number of nitrogens with zero attached hydrogens (tertiary/aromatic N) is 2. The Bertz CT molecular complexity index is 467. The zero-order chi connectivity index (χ0) is 12.8. The largest absolute Gasteiger partial charge is 0.312 e. The van der Waals surface area contributed by atoms with Crippen LogP contribution in [0.25, 0.3) is 0 Å². The number of benzene rings is 1. The van der Waals surface area contributed by atoms with Gasteiger partial charge in [-0.3, -0.25) is 5.10 Å². The first-order valence-electron chi connectivity index (χ1n) is 5.75. The fourth-order valence-corrected chi connectivity index (χ4v) is 1.88. The van der Waals surface area contributed by atoms with Gasteiger partial charge in [0.1, 0.15) is 18.0 Å². The van der Waals surface area contributed by atoms with Crippen LogP contribution in [0, 0.1) is 5.82 Å². The molecule has 0 aliphatic carbocycles. The summed E-state index contributed by atoms with van der Waals surface area (Å²) in [6.45, 7) is 1.20. The highest BCUT2D eigenvalue weighted by Crippen LogP contribution is 2.18. The summed E-state index contributed by atoms with van der Waals surface area (Å²) in [5, 5.41) is 10.2. The van der Waals surface area contributed by atoms with Crippen LogP contribution in [0.2, 0.25) is 5.02 Å². The highest BCUT2D eigenvalue weighted by molar-refractivity contribution is 6.31. The van der Waals surface area contributed by atoms with E-state index in [9.17, 15) is 4.39 Å². The predicted molar refractivity (Wildman–Crippen MR) is 67.8 cm³/mol. The van der Waals surface area contributed by atoms with E-state index in [0.717, 1.165) is 25.2 Å². The molecule has 0 amide bonds.